The summed E-state index contributed by atoms with van der Waals surface area (Å²) >= 11 is 0. The molecule has 4 heteroatoms. The molecular formula is C13H14N4. The zero-order chi connectivity index (χ0) is 12.1. The topological polar surface area (TPSA) is 53.6 Å². The van der Waals surface area contributed by atoms with Crippen LogP contribution < -0.4 is 5.32 Å². The fourth-order valence-corrected chi connectivity index (χ4v) is 1.60. The molecule has 0 saturated carbocycles. The Labute approximate surface area is 100 Å². The van der Waals surface area contributed by atoms with Crippen LogP contribution in [0.4, 0.5) is 5.69 Å². The normalized spacial score (nSPS) is 9.88. The molecule has 0 amide bonds. The number of para-hydroxylation sites is 1. The molecule has 17 heavy (non-hydrogen) atoms. The predicted molar refractivity (Wildman–Crippen MR) is 66.4 cm³/mol. The van der Waals surface area contributed by atoms with E-state index in [0.717, 1.165) is 17.8 Å². The van der Waals surface area contributed by atoms with Crippen molar-refractivity contribution in [3.05, 3.63) is 47.8 Å². The number of nitrogens with one attached hydrogen (secondary N) is 1. The summed E-state index contributed by atoms with van der Waals surface area (Å²) < 4.78 is 1.88. The lowest BCUT2D eigenvalue weighted by Gasteiger charge is -2.05. The molecule has 1 aromatic heterocycles. The maximum absolute atomic E-state index is 8.95. The number of nitriles is 1. The number of rotatable bonds is 4. The van der Waals surface area contributed by atoms with Crippen molar-refractivity contribution in [2.24, 2.45) is 0 Å². The van der Waals surface area contributed by atoms with Crippen LogP contribution >= 0.6 is 0 Å². The average Bonchev–Trinajstić information content (AvgIpc) is 2.84. The average molecular weight is 226 g/mol. The minimum Gasteiger partial charge on any atom is -0.380 e. The molecule has 0 aliphatic rings. The van der Waals surface area contributed by atoms with Gasteiger partial charge in [0, 0.05) is 24.8 Å². The first-order valence-electron chi connectivity index (χ1n) is 5.58. The fourth-order valence-electron chi connectivity index (χ4n) is 1.60. The highest BCUT2D eigenvalue weighted by Crippen LogP contribution is 2.14. The molecule has 0 saturated heterocycles. The van der Waals surface area contributed by atoms with Gasteiger partial charge in [-0.2, -0.15) is 10.4 Å². The van der Waals surface area contributed by atoms with Crippen molar-refractivity contribution < 1.29 is 0 Å². The Bertz CT molecular complexity index is 536. The summed E-state index contributed by atoms with van der Waals surface area (Å²) in [6.07, 6.45) is 3.84. The van der Waals surface area contributed by atoms with E-state index in [4.69, 9.17) is 5.26 Å². The van der Waals surface area contributed by atoms with Gasteiger partial charge in [0.25, 0.3) is 0 Å². The third kappa shape index (κ3) is 2.64. The summed E-state index contributed by atoms with van der Waals surface area (Å²) in [5.41, 5.74) is 2.63. The van der Waals surface area contributed by atoms with E-state index in [1.165, 1.54) is 0 Å². The second kappa shape index (κ2) is 5.17. The van der Waals surface area contributed by atoms with Gasteiger partial charge in [-0.3, -0.25) is 4.68 Å². The molecule has 0 fully saturated rings. The van der Waals surface area contributed by atoms with Crippen LogP contribution in [0.1, 0.15) is 18.1 Å². The van der Waals surface area contributed by atoms with Gasteiger partial charge in [0.1, 0.15) is 6.07 Å². The number of hydrogen-bond acceptors (Lipinski definition) is 3. The first kappa shape index (κ1) is 11.2. The first-order chi connectivity index (χ1) is 8.33. The number of aromatic nitrogens is 2. The van der Waals surface area contributed by atoms with Gasteiger partial charge in [0.05, 0.1) is 17.4 Å². The Morgan fingerprint density at radius 3 is 2.94 bits per heavy atom. The molecule has 1 aromatic carbocycles. The van der Waals surface area contributed by atoms with Gasteiger partial charge in [-0.1, -0.05) is 12.1 Å². The number of nitrogens with zero attached hydrogens (tertiary/aromatic N) is 3. The highest BCUT2D eigenvalue weighted by atomic mass is 15.3. The van der Waals surface area contributed by atoms with Gasteiger partial charge < -0.3 is 5.32 Å². The van der Waals surface area contributed by atoms with E-state index in [1.54, 1.807) is 6.07 Å². The minimum absolute atomic E-state index is 0.662. The highest BCUT2D eigenvalue weighted by Gasteiger charge is 2.01. The molecule has 0 spiro atoms. The van der Waals surface area contributed by atoms with E-state index in [9.17, 15) is 0 Å². The Morgan fingerprint density at radius 1 is 1.41 bits per heavy atom. The number of anilines is 1. The lowest BCUT2D eigenvalue weighted by Crippen LogP contribution is -2.00. The predicted octanol–water partition coefficient (Wildman–Crippen LogP) is 2.39. The van der Waals surface area contributed by atoms with Crippen molar-refractivity contribution in [2.75, 3.05) is 5.32 Å². The molecule has 0 aliphatic carbocycles. The molecule has 1 heterocycles. The van der Waals surface area contributed by atoms with Crippen LogP contribution in [-0.4, -0.2) is 9.78 Å². The Kier molecular flexibility index (Phi) is 3.41. The largest absolute Gasteiger partial charge is 0.380 e. The fraction of sp³-hybridized carbons (Fsp3) is 0.231. The van der Waals surface area contributed by atoms with E-state index in [-0.39, 0.29) is 0 Å². The van der Waals surface area contributed by atoms with E-state index < -0.39 is 0 Å². The van der Waals surface area contributed by atoms with Gasteiger partial charge in [-0.25, -0.2) is 0 Å². The standard InChI is InChI=1S/C13H14N4/c1-2-17-10-11(9-16-17)8-15-13-6-4-3-5-12(13)7-14/h3-6,9-10,15H,2,8H2,1H3. The van der Waals surface area contributed by atoms with Crippen LogP contribution in [0.15, 0.2) is 36.7 Å². The molecule has 4 nitrogen and oxygen atoms in total. The summed E-state index contributed by atoms with van der Waals surface area (Å²) in [6.45, 7) is 3.60. The van der Waals surface area contributed by atoms with Crippen LogP contribution in [0.25, 0.3) is 0 Å². The minimum atomic E-state index is 0.662. The van der Waals surface area contributed by atoms with Gasteiger partial charge in [0.2, 0.25) is 0 Å². The first-order valence-corrected chi connectivity index (χ1v) is 5.58. The Hall–Kier alpha value is -2.28. The lowest BCUT2D eigenvalue weighted by atomic mass is 10.2. The number of hydrogen-bond donors (Lipinski definition) is 1. The molecule has 0 aliphatic heterocycles. The van der Waals surface area contributed by atoms with E-state index in [1.807, 2.05) is 35.3 Å². The molecule has 2 aromatic rings. The monoisotopic (exact) mass is 226 g/mol. The summed E-state index contributed by atoms with van der Waals surface area (Å²) in [4.78, 5) is 0. The molecule has 0 unspecified atom stereocenters. The number of aryl methyl sites for hydroxylation is 1. The van der Waals surface area contributed by atoms with Crippen molar-refractivity contribution in [1.29, 1.82) is 5.26 Å². The van der Waals surface area contributed by atoms with E-state index in [0.29, 0.717) is 12.1 Å². The van der Waals surface area contributed by atoms with Crippen molar-refractivity contribution in [1.82, 2.24) is 9.78 Å². The summed E-state index contributed by atoms with van der Waals surface area (Å²) in [5.74, 6) is 0. The molecular weight excluding hydrogens is 212 g/mol. The third-order valence-electron chi connectivity index (χ3n) is 2.54. The van der Waals surface area contributed by atoms with Crippen molar-refractivity contribution in [3.63, 3.8) is 0 Å². The van der Waals surface area contributed by atoms with Crippen LogP contribution in [0.2, 0.25) is 0 Å². The van der Waals surface area contributed by atoms with Gasteiger partial charge in [-0.15, -0.1) is 0 Å². The van der Waals surface area contributed by atoms with E-state index >= 15 is 0 Å². The van der Waals surface area contributed by atoms with Gasteiger partial charge in [0.15, 0.2) is 0 Å². The summed E-state index contributed by atoms with van der Waals surface area (Å²) in [5, 5.41) is 16.4. The van der Waals surface area contributed by atoms with Gasteiger partial charge >= 0.3 is 0 Å². The third-order valence-corrected chi connectivity index (χ3v) is 2.54. The second-order valence-corrected chi connectivity index (χ2v) is 3.72. The molecule has 86 valence electrons. The zero-order valence-corrected chi connectivity index (χ0v) is 9.72. The van der Waals surface area contributed by atoms with Crippen molar-refractivity contribution in [2.45, 2.75) is 20.0 Å². The zero-order valence-electron chi connectivity index (χ0n) is 9.72. The van der Waals surface area contributed by atoms with Crippen LogP contribution in [0.3, 0.4) is 0 Å². The van der Waals surface area contributed by atoms with Crippen LogP contribution in [-0.2, 0) is 13.1 Å². The summed E-state index contributed by atoms with van der Waals surface area (Å²) in [6, 6.07) is 9.65. The maximum atomic E-state index is 8.95. The molecule has 0 atom stereocenters. The molecule has 1 N–H and O–H groups in total. The second-order valence-electron chi connectivity index (χ2n) is 3.72. The SMILES string of the molecule is CCn1cc(CNc2ccccc2C#N)cn1. The quantitative estimate of drug-likeness (QED) is 0.870. The maximum Gasteiger partial charge on any atom is 0.101 e. The molecule has 0 bridgehead atoms. The highest BCUT2D eigenvalue weighted by molar-refractivity contribution is 5.57. The van der Waals surface area contributed by atoms with E-state index in [2.05, 4.69) is 23.4 Å². The van der Waals surface area contributed by atoms with Crippen molar-refractivity contribution >= 4 is 5.69 Å². The Morgan fingerprint density at radius 2 is 2.24 bits per heavy atom. The lowest BCUT2D eigenvalue weighted by molar-refractivity contribution is 0.659. The Balaban J connectivity index is 2.05. The number of benzene rings is 1. The van der Waals surface area contributed by atoms with Crippen LogP contribution in [0.5, 0.6) is 0 Å². The summed E-state index contributed by atoms with van der Waals surface area (Å²) in [7, 11) is 0. The van der Waals surface area contributed by atoms with Crippen molar-refractivity contribution in [3.8, 4) is 6.07 Å². The smallest absolute Gasteiger partial charge is 0.101 e. The molecule has 0 radical (unpaired) electrons. The molecule has 2 rings (SSSR count). The van der Waals surface area contributed by atoms with Gasteiger partial charge in [-0.05, 0) is 19.1 Å². The van der Waals surface area contributed by atoms with Crippen LogP contribution in [0, 0.1) is 11.3 Å².